The molecule has 0 radical (unpaired) electrons. The summed E-state index contributed by atoms with van der Waals surface area (Å²) >= 11 is 0. The number of hydrogen-bond donors (Lipinski definition) is 0. The van der Waals surface area contributed by atoms with Crippen LogP contribution in [0.2, 0.25) is 0 Å². The van der Waals surface area contributed by atoms with Crippen molar-refractivity contribution in [2.24, 2.45) is 0 Å². The molecule has 0 aliphatic carbocycles. The highest BCUT2D eigenvalue weighted by Crippen LogP contribution is 2.19. The molecule has 0 fully saturated rings. The van der Waals surface area contributed by atoms with Crippen LogP contribution in [-0.4, -0.2) is 0 Å². The number of hydrogen-bond acceptors (Lipinski definition) is 0. The van der Waals surface area contributed by atoms with Crippen LogP contribution >= 0.6 is 9.24 Å². The van der Waals surface area contributed by atoms with Gasteiger partial charge in [0.15, 0.2) is 0 Å². The maximum Gasteiger partial charge on any atom is -0.0112 e. The van der Waals surface area contributed by atoms with Gasteiger partial charge in [-0.3, -0.25) is 0 Å². The Kier molecular flexibility index (Phi) is 2.99. The van der Waals surface area contributed by atoms with Crippen molar-refractivity contribution in [3.05, 3.63) is 60.7 Å². The maximum absolute atomic E-state index is 3.75. The average Bonchev–Trinajstić information content (AvgIpc) is 2.30. The van der Waals surface area contributed by atoms with Gasteiger partial charge in [-0.25, -0.2) is 0 Å². The standard InChI is InChI=1S/C14H13P/c1-2-11-7-9-12(10-8-11)13-5-3-4-6-14(13)15/h2-10H,1,15H2. The van der Waals surface area contributed by atoms with Gasteiger partial charge in [-0.2, -0.15) is 0 Å². The summed E-state index contributed by atoms with van der Waals surface area (Å²) in [6.45, 7) is 3.75. The SMILES string of the molecule is C=Cc1ccc(-c2ccccc2P)cc1. The van der Waals surface area contributed by atoms with E-state index in [2.05, 4.69) is 58.3 Å². The van der Waals surface area contributed by atoms with Crippen molar-refractivity contribution in [3.8, 4) is 11.1 Å². The molecule has 1 atom stereocenters. The molecule has 0 bridgehead atoms. The molecule has 0 spiro atoms. The minimum atomic E-state index is 1.15. The molecule has 1 heteroatoms. The first-order valence-corrected chi connectivity index (χ1v) is 5.46. The van der Waals surface area contributed by atoms with Gasteiger partial charge in [0, 0.05) is 0 Å². The molecule has 2 aromatic carbocycles. The van der Waals surface area contributed by atoms with Crippen molar-refractivity contribution < 1.29 is 0 Å². The summed E-state index contributed by atoms with van der Waals surface area (Å²) in [6.07, 6.45) is 1.86. The molecule has 0 nitrogen and oxygen atoms in total. The van der Waals surface area contributed by atoms with E-state index in [1.807, 2.05) is 12.1 Å². The van der Waals surface area contributed by atoms with Gasteiger partial charge in [0.1, 0.15) is 0 Å². The van der Waals surface area contributed by atoms with Crippen LogP contribution in [0.15, 0.2) is 55.1 Å². The van der Waals surface area contributed by atoms with Crippen molar-refractivity contribution in [1.29, 1.82) is 0 Å². The monoisotopic (exact) mass is 212 g/mol. The second kappa shape index (κ2) is 4.42. The molecule has 0 amide bonds. The third kappa shape index (κ3) is 2.16. The van der Waals surface area contributed by atoms with Gasteiger partial charge in [-0.15, -0.1) is 9.24 Å². The lowest BCUT2D eigenvalue weighted by Gasteiger charge is -2.05. The summed E-state index contributed by atoms with van der Waals surface area (Å²) in [5.74, 6) is 0. The minimum Gasteiger partial charge on any atom is -0.105 e. The third-order valence-electron chi connectivity index (χ3n) is 2.42. The molecule has 74 valence electrons. The second-order valence-electron chi connectivity index (χ2n) is 3.41. The molecule has 0 saturated carbocycles. The highest BCUT2D eigenvalue weighted by molar-refractivity contribution is 7.28. The Morgan fingerprint density at radius 2 is 1.60 bits per heavy atom. The van der Waals surface area contributed by atoms with E-state index in [1.165, 1.54) is 16.4 Å². The lowest BCUT2D eigenvalue weighted by atomic mass is 10.0. The predicted octanol–water partition coefficient (Wildman–Crippen LogP) is 3.50. The summed E-state index contributed by atoms with van der Waals surface area (Å²) in [5.41, 5.74) is 3.66. The summed E-state index contributed by atoms with van der Waals surface area (Å²) < 4.78 is 0. The quantitative estimate of drug-likeness (QED) is 0.668. The molecule has 0 heterocycles. The van der Waals surface area contributed by atoms with Crippen LogP contribution in [0.3, 0.4) is 0 Å². The van der Waals surface area contributed by atoms with Crippen LogP contribution in [0.25, 0.3) is 17.2 Å². The zero-order chi connectivity index (χ0) is 10.7. The second-order valence-corrected chi connectivity index (χ2v) is 4.04. The average molecular weight is 212 g/mol. The predicted molar refractivity (Wildman–Crippen MR) is 71.3 cm³/mol. The van der Waals surface area contributed by atoms with E-state index >= 15 is 0 Å². The molecule has 2 aromatic rings. The topological polar surface area (TPSA) is 0 Å². The summed E-state index contributed by atoms with van der Waals surface area (Å²) in [7, 11) is 2.76. The van der Waals surface area contributed by atoms with Gasteiger partial charge in [-0.05, 0) is 22.0 Å². The Morgan fingerprint density at radius 1 is 0.933 bits per heavy atom. The normalized spacial score (nSPS) is 9.93. The van der Waals surface area contributed by atoms with Gasteiger partial charge >= 0.3 is 0 Å². The molecular weight excluding hydrogens is 199 g/mol. The van der Waals surface area contributed by atoms with Crippen LogP contribution in [-0.2, 0) is 0 Å². The lowest BCUT2D eigenvalue weighted by molar-refractivity contribution is 1.62. The first-order chi connectivity index (χ1) is 7.31. The molecule has 0 saturated heterocycles. The van der Waals surface area contributed by atoms with E-state index in [0.29, 0.717) is 0 Å². The molecular formula is C14H13P. The van der Waals surface area contributed by atoms with E-state index in [4.69, 9.17) is 0 Å². The summed E-state index contributed by atoms with van der Waals surface area (Å²) in [6, 6.07) is 16.7. The fraction of sp³-hybridized carbons (Fsp3) is 0. The Morgan fingerprint density at radius 3 is 2.20 bits per heavy atom. The highest BCUT2D eigenvalue weighted by atomic mass is 31.0. The molecule has 0 aliphatic heterocycles. The first kappa shape index (κ1) is 10.1. The smallest absolute Gasteiger partial charge is 0.0112 e. The van der Waals surface area contributed by atoms with Gasteiger partial charge in [0.05, 0.1) is 0 Å². The van der Waals surface area contributed by atoms with Crippen LogP contribution < -0.4 is 5.30 Å². The molecule has 1 unspecified atom stereocenters. The zero-order valence-electron chi connectivity index (χ0n) is 8.48. The van der Waals surface area contributed by atoms with E-state index in [0.717, 1.165) is 5.56 Å². The van der Waals surface area contributed by atoms with Crippen LogP contribution in [0, 0.1) is 0 Å². The Bertz CT molecular complexity index is 469. The van der Waals surface area contributed by atoms with Crippen molar-refractivity contribution in [1.82, 2.24) is 0 Å². The molecule has 0 aliphatic rings. The van der Waals surface area contributed by atoms with Crippen molar-refractivity contribution >= 4 is 20.6 Å². The van der Waals surface area contributed by atoms with Crippen molar-refractivity contribution in [2.75, 3.05) is 0 Å². The fourth-order valence-corrected chi connectivity index (χ4v) is 1.93. The molecule has 2 rings (SSSR count). The van der Waals surface area contributed by atoms with E-state index in [1.54, 1.807) is 0 Å². The molecule has 15 heavy (non-hydrogen) atoms. The highest BCUT2D eigenvalue weighted by Gasteiger charge is 1.99. The van der Waals surface area contributed by atoms with E-state index in [9.17, 15) is 0 Å². The maximum atomic E-state index is 3.75. The number of rotatable bonds is 2. The van der Waals surface area contributed by atoms with Gasteiger partial charge in [-0.1, -0.05) is 61.2 Å². The zero-order valence-corrected chi connectivity index (χ0v) is 9.64. The molecule has 0 aromatic heterocycles. The van der Waals surface area contributed by atoms with E-state index in [-0.39, 0.29) is 0 Å². The van der Waals surface area contributed by atoms with Crippen LogP contribution in [0.5, 0.6) is 0 Å². The Labute approximate surface area is 92.9 Å². The van der Waals surface area contributed by atoms with Crippen LogP contribution in [0.4, 0.5) is 0 Å². The van der Waals surface area contributed by atoms with Crippen molar-refractivity contribution in [3.63, 3.8) is 0 Å². The van der Waals surface area contributed by atoms with Crippen LogP contribution in [0.1, 0.15) is 5.56 Å². The Hall–Kier alpha value is -1.39. The van der Waals surface area contributed by atoms with Gasteiger partial charge < -0.3 is 0 Å². The first-order valence-electron chi connectivity index (χ1n) is 4.88. The fourth-order valence-electron chi connectivity index (χ4n) is 1.56. The Balaban J connectivity index is 2.46. The van der Waals surface area contributed by atoms with E-state index < -0.39 is 0 Å². The summed E-state index contributed by atoms with van der Waals surface area (Å²) in [5, 5.41) is 1.23. The van der Waals surface area contributed by atoms with Gasteiger partial charge in [0.25, 0.3) is 0 Å². The van der Waals surface area contributed by atoms with Gasteiger partial charge in [0.2, 0.25) is 0 Å². The van der Waals surface area contributed by atoms with Crippen molar-refractivity contribution in [2.45, 2.75) is 0 Å². The largest absolute Gasteiger partial charge is 0.105 e. The molecule has 0 N–H and O–H groups in total. The lowest BCUT2D eigenvalue weighted by Crippen LogP contribution is -1.94. The minimum absolute atomic E-state index is 1.15. The third-order valence-corrected chi connectivity index (χ3v) is 2.92. The number of benzene rings is 2. The summed E-state index contributed by atoms with van der Waals surface area (Å²) in [4.78, 5) is 0.